The highest BCUT2D eigenvalue weighted by Crippen LogP contribution is 2.21. The number of carboxylic acids is 1. The third kappa shape index (κ3) is 17.4. The van der Waals surface area contributed by atoms with Gasteiger partial charge in [0.05, 0.1) is 24.2 Å². The molecule has 2 aliphatic rings. The van der Waals surface area contributed by atoms with Gasteiger partial charge in [-0.25, -0.2) is 0 Å². The summed E-state index contributed by atoms with van der Waals surface area (Å²) < 4.78 is 5.56. The number of aryl methyl sites for hydroxylation is 2. The standard InChI is InChI=1S/C26H32N2O4.C19H26N2O4.I2.HI/c1-19(25(30)28-17-9-14-24(28)20(2)29)27-23(16-15-21-10-5-3-6-11-21)26(31)32-18-22-12-7-4-8-13-22;1-13(18(23)21-12-6-9-17(21)14(2)22)20-16(19(24)25)11-10-15-7-4-3-5-8-15;1-2;/h3-8,10-13,19,23-24,27H,9,14-18H2,1-2H3;3-5,7-8,13,16-17,20H,6,9-12H2,1-2H3,(H,24,25);;1H/t19-,23-,24-;13-,16-,17-;;/m00../s1. The Kier molecular flexibility index (Phi) is 25.3. The van der Waals surface area contributed by atoms with Crippen LogP contribution in [-0.4, -0.2) is 99.6 Å². The minimum absolute atomic E-state index is 0. The molecule has 3 aromatic carbocycles. The number of ether oxygens (including phenoxy) is 1. The number of carbonyl (C=O) groups is 6. The van der Waals surface area contributed by atoms with Crippen LogP contribution in [0.4, 0.5) is 0 Å². The summed E-state index contributed by atoms with van der Waals surface area (Å²) in [6.07, 6.45) is 5.20. The summed E-state index contributed by atoms with van der Waals surface area (Å²) in [5.41, 5.74) is 3.09. The van der Waals surface area contributed by atoms with Crippen LogP contribution >= 0.6 is 61.2 Å². The lowest BCUT2D eigenvalue weighted by Crippen LogP contribution is -2.53. The first-order valence-electron chi connectivity index (χ1n) is 20.1. The van der Waals surface area contributed by atoms with Gasteiger partial charge in [0, 0.05) is 50.3 Å². The number of amides is 2. The van der Waals surface area contributed by atoms with Crippen molar-refractivity contribution in [2.45, 2.75) is 122 Å². The molecule has 2 saturated heterocycles. The van der Waals surface area contributed by atoms with Crippen LogP contribution in [0, 0.1) is 0 Å². The lowest BCUT2D eigenvalue weighted by atomic mass is 10.0. The van der Waals surface area contributed by atoms with Crippen molar-refractivity contribution >= 4 is 96.5 Å². The van der Waals surface area contributed by atoms with E-state index in [0.29, 0.717) is 51.6 Å². The van der Waals surface area contributed by atoms with E-state index in [4.69, 9.17) is 4.74 Å². The molecule has 3 aromatic rings. The van der Waals surface area contributed by atoms with Gasteiger partial charge < -0.3 is 19.6 Å². The number of carboxylic acid groups (broad SMARTS) is 1. The monoisotopic (exact) mass is 1160 g/mol. The maximum Gasteiger partial charge on any atom is 0.323 e. The number of benzene rings is 3. The number of aliphatic carboxylic acids is 1. The van der Waals surface area contributed by atoms with E-state index in [9.17, 15) is 33.9 Å². The number of esters is 1. The predicted octanol–water partition coefficient (Wildman–Crippen LogP) is 7.31. The van der Waals surface area contributed by atoms with Gasteiger partial charge in [-0.1, -0.05) is 91.0 Å². The van der Waals surface area contributed by atoms with Crippen LogP contribution in [-0.2, 0) is 53.0 Å². The minimum atomic E-state index is -0.972. The van der Waals surface area contributed by atoms with Gasteiger partial charge in [0.2, 0.25) is 11.8 Å². The van der Waals surface area contributed by atoms with E-state index >= 15 is 0 Å². The van der Waals surface area contributed by atoms with Crippen molar-refractivity contribution < 1.29 is 38.6 Å². The summed E-state index contributed by atoms with van der Waals surface area (Å²) in [4.78, 5) is 76.9. The second-order valence-electron chi connectivity index (χ2n) is 15.0. The molecule has 2 aliphatic heterocycles. The van der Waals surface area contributed by atoms with Gasteiger partial charge in [0.25, 0.3) is 0 Å². The molecule has 0 unspecified atom stereocenters. The minimum Gasteiger partial charge on any atom is -0.480 e. The first-order chi connectivity index (χ1) is 28.3. The fraction of sp³-hybridized carbons (Fsp3) is 0.467. The number of hydrogen-bond acceptors (Lipinski definition) is 9. The number of ketones is 2. The molecule has 0 saturated carbocycles. The fourth-order valence-corrected chi connectivity index (χ4v) is 7.44. The molecule has 328 valence electrons. The van der Waals surface area contributed by atoms with Gasteiger partial charge in [0.15, 0.2) is 11.6 Å². The van der Waals surface area contributed by atoms with Gasteiger partial charge in [-0.3, -0.25) is 39.4 Å². The number of nitrogens with one attached hydrogen (secondary N) is 2. The molecular weight excluding hydrogens is 1110 g/mol. The van der Waals surface area contributed by atoms with Gasteiger partial charge in [-0.15, -0.1) is 24.0 Å². The average molecular weight is 1160 g/mol. The van der Waals surface area contributed by atoms with Gasteiger partial charge in [-0.05, 0) is 95.8 Å². The molecule has 5 rings (SSSR count). The maximum atomic E-state index is 13.0. The van der Waals surface area contributed by atoms with E-state index in [1.165, 1.54) is 13.8 Å². The molecule has 2 fully saturated rings. The number of halogens is 3. The maximum absolute atomic E-state index is 13.0. The third-order valence-corrected chi connectivity index (χ3v) is 10.6. The van der Waals surface area contributed by atoms with E-state index in [0.717, 1.165) is 29.5 Å². The van der Waals surface area contributed by atoms with Crippen molar-refractivity contribution in [2.24, 2.45) is 0 Å². The van der Waals surface area contributed by atoms with Gasteiger partial charge in [-0.2, -0.15) is 0 Å². The quantitative estimate of drug-likeness (QED) is 0.0871. The molecule has 0 bridgehead atoms. The summed E-state index contributed by atoms with van der Waals surface area (Å²) >= 11 is 4.24. The molecule has 12 nitrogen and oxygen atoms in total. The Morgan fingerprint density at radius 3 is 1.40 bits per heavy atom. The second-order valence-corrected chi connectivity index (χ2v) is 15.0. The topological polar surface area (TPSA) is 162 Å². The van der Waals surface area contributed by atoms with E-state index < -0.39 is 30.1 Å². The zero-order valence-corrected chi connectivity index (χ0v) is 41.4. The summed E-state index contributed by atoms with van der Waals surface area (Å²) in [6.45, 7) is 7.74. The van der Waals surface area contributed by atoms with E-state index in [2.05, 4.69) is 47.9 Å². The second kappa shape index (κ2) is 28.6. The number of carbonyl (C=O) groups excluding carboxylic acids is 5. The molecule has 3 N–H and O–H groups in total. The zero-order chi connectivity index (χ0) is 43.3. The van der Waals surface area contributed by atoms with Crippen molar-refractivity contribution in [3.05, 3.63) is 108 Å². The Morgan fingerprint density at radius 1 is 0.650 bits per heavy atom. The van der Waals surface area contributed by atoms with Crippen molar-refractivity contribution in [1.82, 2.24) is 20.4 Å². The summed E-state index contributed by atoms with van der Waals surface area (Å²) in [5, 5.41) is 15.5. The van der Waals surface area contributed by atoms with Crippen molar-refractivity contribution in [1.29, 1.82) is 0 Å². The fourth-order valence-electron chi connectivity index (χ4n) is 7.44. The zero-order valence-electron chi connectivity index (χ0n) is 34.8. The molecule has 0 radical (unpaired) electrons. The highest BCUT2D eigenvalue weighted by Gasteiger charge is 2.36. The molecule has 0 aromatic heterocycles. The van der Waals surface area contributed by atoms with Crippen molar-refractivity contribution in [3.63, 3.8) is 0 Å². The van der Waals surface area contributed by atoms with Crippen LogP contribution in [0.15, 0.2) is 91.0 Å². The SMILES string of the molecule is CC(=O)[C@@H]1CCCN1C(=O)[C@H](C)N[C@@H](CCc1ccccc1)C(=O)O.CC(=O)[C@@H]1CCCN1C(=O)[C@H](C)N[C@@H](CCc1ccccc1)C(=O)OCc1ccccc1.I.II. The van der Waals surface area contributed by atoms with Gasteiger partial charge in [0.1, 0.15) is 18.7 Å². The van der Waals surface area contributed by atoms with E-state index in [1.807, 2.05) is 91.0 Å². The van der Waals surface area contributed by atoms with Crippen LogP contribution < -0.4 is 10.6 Å². The highest BCUT2D eigenvalue weighted by molar-refractivity contribution is 15.0. The Morgan fingerprint density at radius 2 is 1.02 bits per heavy atom. The molecular formula is C45H59I3N4O8. The van der Waals surface area contributed by atoms with Crippen LogP contribution in [0.1, 0.15) is 82.9 Å². The number of hydrogen-bond donors (Lipinski definition) is 3. The molecule has 2 amide bonds. The van der Waals surface area contributed by atoms with Crippen molar-refractivity contribution in [2.75, 3.05) is 13.1 Å². The number of likely N-dealkylation sites (tertiary alicyclic amines) is 2. The van der Waals surface area contributed by atoms with Crippen LogP contribution in [0.25, 0.3) is 0 Å². The van der Waals surface area contributed by atoms with Crippen LogP contribution in [0.3, 0.4) is 0 Å². The highest BCUT2D eigenvalue weighted by atomic mass is 128. The lowest BCUT2D eigenvalue weighted by Gasteiger charge is -2.28. The number of nitrogens with zero attached hydrogens (tertiary/aromatic N) is 2. The Bertz CT molecular complexity index is 1790. The molecule has 15 heteroatoms. The number of Topliss-reactive ketones (excluding diaryl/α,β-unsaturated/α-hetero) is 2. The Labute approximate surface area is 395 Å². The Balaban J connectivity index is 0.000000401. The third-order valence-electron chi connectivity index (χ3n) is 10.6. The van der Waals surface area contributed by atoms with Crippen LogP contribution in [0.5, 0.6) is 0 Å². The average Bonchev–Trinajstić information content (AvgIpc) is 3.96. The van der Waals surface area contributed by atoms with Crippen molar-refractivity contribution in [3.8, 4) is 0 Å². The molecule has 60 heavy (non-hydrogen) atoms. The largest absolute Gasteiger partial charge is 0.480 e. The normalized spacial score (nSPS) is 17.6. The van der Waals surface area contributed by atoms with Gasteiger partial charge >= 0.3 is 11.9 Å². The summed E-state index contributed by atoms with van der Waals surface area (Å²) in [5.74, 6) is -1.72. The molecule has 6 atom stereocenters. The van der Waals surface area contributed by atoms with Crippen LogP contribution in [0.2, 0.25) is 0 Å². The Hall–Kier alpha value is -3.01. The lowest BCUT2D eigenvalue weighted by molar-refractivity contribution is -0.149. The van der Waals surface area contributed by atoms with E-state index in [1.54, 1.807) is 23.6 Å². The molecule has 0 aliphatic carbocycles. The predicted molar refractivity (Wildman–Crippen MR) is 260 cm³/mol. The summed E-state index contributed by atoms with van der Waals surface area (Å²) in [7, 11) is 0. The number of rotatable bonds is 18. The van der Waals surface area contributed by atoms with E-state index in [-0.39, 0.29) is 72.0 Å². The first-order valence-corrected chi connectivity index (χ1v) is 26.4. The molecule has 2 heterocycles. The summed E-state index contributed by atoms with van der Waals surface area (Å²) in [6, 6.07) is 25.7. The first kappa shape index (κ1) is 53.1. The smallest absolute Gasteiger partial charge is 0.323 e. The molecule has 0 spiro atoms.